The Morgan fingerprint density at radius 2 is 2.10 bits per heavy atom. The van der Waals surface area contributed by atoms with E-state index in [1.165, 1.54) is 0 Å². The fourth-order valence-corrected chi connectivity index (χ4v) is 4.08. The minimum atomic E-state index is -0.293. The van der Waals surface area contributed by atoms with Gasteiger partial charge in [0.2, 0.25) is 0 Å². The maximum absolute atomic E-state index is 15.1. The third-order valence-electron chi connectivity index (χ3n) is 5.74. The van der Waals surface area contributed by atoms with Crippen molar-refractivity contribution in [3.05, 3.63) is 53.7 Å². The fourth-order valence-electron chi connectivity index (χ4n) is 4.08. The average molecular weight is 406 g/mol. The van der Waals surface area contributed by atoms with Crippen LogP contribution >= 0.6 is 0 Å². The van der Waals surface area contributed by atoms with Crippen LogP contribution in [-0.4, -0.2) is 42.2 Å². The molecule has 1 aliphatic rings. The molecule has 8 heteroatoms. The molecule has 154 valence electrons. The molecule has 0 unspecified atom stereocenters. The van der Waals surface area contributed by atoms with Gasteiger partial charge in [-0.3, -0.25) is 14.8 Å². The molecule has 3 N–H and O–H groups in total. The lowest BCUT2D eigenvalue weighted by Crippen LogP contribution is -2.43. The van der Waals surface area contributed by atoms with Crippen LogP contribution < -0.4 is 5.32 Å². The molecule has 1 fully saturated rings. The number of aryl methyl sites for hydroxylation is 2. The number of nitrogens with one attached hydrogen (secondary N) is 2. The van der Waals surface area contributed by atoms with Gasteiger partial charge in [0, 0.05) is 42.3 Å². The second-order valence-electron chi connectivity index (χ2n) is 8.06. The number of H-pyrrole nitrogens is 1. The van der Waals surface area contributed by atoms with Crippen molar-refractivity contribution < 1.29 is 9.50 Å². The lowest BCUT2D eigenvalue weighted by atomic mass is 9.89. The summed E-state index contributed by atoms with van der Waals surface area (Å²) in [5, 5.41) is 25.2. The maximum Gasteiger partial charge on any atom is 0.133 e. The Morgan fingerprint density at radius 3 is 2.80 bits per heavy atom. The number of hydrogen-bond acceptors (Lipinski definition) is 5. The summed E-state index contributed by atoms with van der Waals surface area (Å²) in [6.45, 7) is 2.48. The summed E-state index contributed by atoms with van der Waals surface area (Å²) in [5.74, 6) is -0.293. The van der Waals surface area contributed by atoms with Crippen molar-refractivity contribution in [1.29, 1.82) is 0 Å². The zero-order valence-electron chi connectivity index (χ0n) is 16.9. The number of pyridine rings is 1. The van der Waals surface area contributed by atoms with Gasteiger partial charge in [-0.15, -0.1) is 0 Å². The van der Waals surface area contributed by atoms with E-state index in [1.54, 1.807) is 23.1 Å². The summed E-state index contributed by atoms with van der Waals surface area (Å²) < 4.78 is 16.8. The lowest BCUT2D eigenvalue weighted by Gasteiger charge is -2.32. The first-order valence-electron chi connectivity index (χ1n) is 10.0. The highest BCUT2D eigenvalue weighted by Crippen LogP contribution is 2.32. The molecule has 3 heterocycles. The van der Waals surface area contributed by atoms with Crippen LogP contribution in [0.4, 0.5) is 4.39 Å². The van der Waals surface area contributed by atoms with Crippen molar-refractivity contribution >= 4 is 10.9 Å². The van der Waals surface area contributed by atoms with Crippen LogP contribution in [0.2, 0.25) is 0 Å². The van der Waals surface area contributed by atoms with E-state index in [0.717, 1.165) is 46.1 Å². The predicted molar refractivity (Wildman–Crippen MR) is 112 cm³/mol. The highest BCUT2D eigenvalue weighted by atomic mass is 19.1. The molecular formula is C22H23FN6O. The molecule has 1 aliphatic carbocycles. The summed E-state index contributed by atoms with van der Waals surface area (Å²) in [7, 11) is 1.85. The van der Waals surface area contributed by atoms with Gasteiger partial charge >= 0.3 is 0 Å². The van der Waals surface area contributed by atoms with Crippen LogP contribution in [0.25, 0.3) is 33.4 Å². The lowest BCUT2D eigenvalue weighted by molar-refractivity contribution is 0.0619. The minimum absolute atomic E-state index is 0.205. The van der Waals surface area contributed by atoms with Crippen LogP contribution in [0, 0.1) is 12.7 Å². The van der Waals surface area contributed by atoms with Gasteiger partial charge in [0.1, 0.15) is 11.5 Å². The molecule has 3 aromatic heterocycles. The Hall–Kier alpha value is -3.10. The van der Waals surface area contributed by atoms with Crippen LogP contribution in [0.5, 0.6) is 0 Å². The Balaban J connectivity index is 1.47. The summed E-state index contributed by atoms with van der Waals surface area (Å²) in [5.41, 5.74) is 5.24. The highest BCUT2D eigenvalue weighted by Gasteiger charge is 2.26. The molecule has 7 nitrogen and oxygen atoms in total. The summed E-state index contributed by atoms with van der Waals surface area (Å²) in [6, 6.07) is 5.73. The molecule has 0 amide bonds. The minimum Gasteiger partial charge on any atom is -0.393 e. The number of aromatic nitrogens is 5. The van der Waals surface area contributed by atoms with Gasteiger partial charge in [0.15, 0.2) is 0 Å². The molecule has 0 atom stereocenters. The zero-order valence-corrected chi connectivity index (χ0v) is 16.9. The Labute approximate surface area is 173 Å². The molecule has 30 heavy (non-hydrogen) atoms. The molecule has 0 aliphatic heterocycles. The number of nitrogens with zero attached hydrogens (tertiary/aromatic N) is 4. The molecule has 5 rings (SSSR count). The number of fused-ring (bicyclic) bond motifs is 1. The van der Waals surface area contributed by atoms with E-state index in [1.807, 2.05) is 32.3 Å². The van der Waals surface area contributed by atoms with Gasteiger partial charge in [0.05, 0.1) is 29.7 Å². The molecule has 0 spiro atoms. The van der Waals surface area contributed by atoms with Gasteiger partial charge in [0.25, 0.3) is 0 Å². The molecule has 0 saturated heterocycles. The van der Waals surface area contributed by atoms with Crippen molar-refractivity contribution in [1.82, 2.24) is 30.3 Å². The first kappa shape index (κ1) is 18.9. The summed E-state index contributed by atoms with van der Waals surface area (Å²) >= 11 is 0. The number of aromatic amines is 1. The van der Waals surface area contributed by atoms with Gasteiger partial charge in [-0.1, -0.05) is 6.07 Å². The van der Waals surface area contributed by atoms with Gasteiger partial charge < -0.3 is 10.4 Å². The molecule has 0 bridgehead atoms. The van der Waals surface area contributed by atoms with E-state index >= 15 is 4.39 Å². The normalized spacial score (nSPS) is 18.7. The van der Waals surface area contributed by atoms with E-state index in [4.69, 9.17) is 0 Å². The standard InChI is InChI=1S/C22H23FN6O/c1-12-3-13(8-24-15-5-16(30)6-15)4-18(23)21(12)19-7-17-20(10-25-19)27-28-22(17)14-9-26-29(2)11-14/h3-4,7,9-11,15-16,24,30H,5-6,8H2,1-2H3,(H,27,28). The Kier molecular flexibility index (Phi) is 4.60. The van der Waals surface area contributed by atoms with E-state index < -0.39 is 0 Å². The molecule has 1 aromatic carbocycles. The molecule has 0 radical (unpaired) electrons. The SMILES string of the molecule is Cc1cc(CNC2CC(O)C2)cc(F)c1-c1cc2c(-c3cnn(C)c3)n[nH]c2cn1. The van der Waals surface area contributed by atoms with Gasteiger partial charge in [-0.05, 0) is 43.0 Å². The smallest absolute Gasteiger partial charge is 0.133 e. The number of aliphatic hydroxyl groups excluding tert-OH is 1. The fraction of sp³-hybridized carbons (Fsp3) is 0.318. The number of rotatable bonds is 5. The third kappa shape index (κ3) is 3.38. The Bertz CT molecular complexity index is 1200. The van der Waals surface area contributed by atoms with Crippen molar-refractivity contribution in [2.45, 2.75) is 38.5 Å². The van der Waals surface area contributed by atoms with Crippen molar-refractivity contribution in [2.24, 2.45) is 7.05 Å². The summed E-state index contributed by atoms with van der Waals surface area (Å²) in [4.78, 5) is 4.47. The van der Waals surface area contributed by atoms with Crippen LogP contribution in [-0.2, 0) is 13.6 Å². The molecule has 1 saturated carbocycles. The number of halogens is 1. The van der Waals surface area contributed by atoms with Crippen molar-refractivity contribution in [2.75, 3.05) is 0 Å². The number of hydrogen-bond donors (Lipinski definition) is 3. The second-order valence-corrected chi connectivity index (χ2v) is 8.06. The van der Waals surface area contributed by atoms with Crippen molar-refractivity contribution in [3.8, 4) is 22.5 Å². The van der Waals surface area contributed by atoms with Gasteiger partial charge in [-0.25, -0.2) is 4.39 Å². The second kappa shape index (κ2) is 7.30. The molecular weight excluding hydrogens is 383 g/mol. The predicted octanol–water partition coefficient (Wildman–Crippen LogP) is 3.09. The topological polar surface area (TPSA) is 91.6 Å². The average Bonchev–Trinajstić information content (AvgIpc) is 3.29. The van der Waals surface area contributed by atoms with E-state index in [2.05, 4.69) is 25.6 Å². The monoisotopic (exact) mass is 406 g/mol. The van der Waals surface area contributed by atoms with E-state index in [9.17, 15) is 5.11 Å². The first-order chi connectivity index (χ1) is 14.5. The van der Waals surface area contributed by atoms with Gasteiger partial charge in [-0.2, -0.15) is 10.2 Å². The van der Waals surface area contributed by atoms with Crippen molar-refractivity contribution in [3.63, 3.8) is 0 Å². The van der Waals surface area contributed by atoms with E-state index in [0.29, 0.717) is 23.8 Å². The first-order valence-corrected chi connectivity index (χ1v) is 10.0. The largest absolute Gasteiger partial charge is 0.393 e. The quantitative estimate of drug-likeness (QED) is 0.474. The number of aliphatic hydroxyl groups is 1. The van der Waals surface area contributed by atoms with E-state index in [-0.39, 0.29) is 11.9 Å². The maximum atomic E-state index is 15.1. The van der Waals surface area contributed by atoms with Crippen LogP contribution in [0.15, 0.2) is 36.8 Å². The molecule has 4 aromatic rings. The zero-order chi connectivity index (χ0) is 20.8. The third-order valence-corrected chi connectivity index (χ3v) is 5.74. The number of benzene rings is 1. The highest BCUT2D eigenvalue weighted by molar-refractivity contribution is 5.94. The van der Waals surface area contributed by atoms with Crippen LogP contribution in [0.3, 0.4) is 0 Å². The Morgan fingerprint density at radius 1 is 1.27 bits per heavy atom. The summed E-state index contributed by atoms with van der Waals surface area (Å²) in [6.07, 6.45) is 6.65. The van der Waals surface area contributed by atoms with Crippen LogP contribution in [0.1, 0.15) is 24.0 Å².